The van der Waals surface area contributed by atoms with Crippen LogP contribution in [0.3, 0.4) is 0 Å². The topological polar surface area (TPSA) is 46.3 Å². The molecule has 0 amide bonds. The van der Waals surface area contributed by atoms with Gasteiger partial charge in [-0.15, -0.1) is 5.10 Å². The Balaban J connectivity index is 0.000000636. The summed E-state index contributed by atoms with van der Waals surface area (Å²) in [5.74, 6) is 0. The maximum absolute atomic E-state index is 4.27. The quantitative estimate of drug-likeness (QED) is 0.809. The molecule has 5 nitrogen and oxygen atoms in total. The summed E-state index contributed by atoms with van der Waals surface area (Å²) in [6.45, 7) is 13.0. The molecule has 1 unspecified atom stereocenters. The Hall–Kier alpha value is -1.49. The van der Waals surface area contributed by atoms with Crippen LogP contribution in [0.2, 0.25) is 0 Å². The molecule has 4 heterocycles. The third-order valence-corrected chi connectivity index (χ3v) is 5.36. The summed E-state index contributed by atoms with van der Waals surface area (Å²) in [5.41, 5.74) is 6.36. The van der Waals surface area contributed by atoms with E-state index in [1.165, 1.54) is 54.7 Å². The van der Waals surface area contributed by atoms with Crippen LogP contribution in [0.15, 0.2) is 0 Å². The van der Waals surface area contributed by atoms with Crippen LogP contribution in [0.25, 0.3) is 5.65 Å². The Kier molecular flexibility index (Phi) is 3.48. The minimum Gasteiger partial charge on any atom is -0.292 e. The lowest BCUT2D eigenvalue weighted by molar-refractivity contribution is 0.0178. The molecule has 0 radical (unpaired) electrons. The maximum atomic E-state index is 4.27. The number of aryl methyl sites for hydroxylation is 1. The number of rotatable bonds is 1. The van der Waals surface area contributed by atoms with Gasteiger partial charge in [-0.3, -0.25) is 4.90 Å². The summed E-state index contributed by atoms with van der Waals surface area (Å²) in [7, 11) is 0. The Morgan fingerprint density at radius 3 is 2.33 bits per heavy atom. The van der Waals surface area contributed by atoms with Crippen LogP contribution in [0.1, 0.15) is 55.5 Å². The van der Waals surface area contributed by atoms with Gasteiger partial charge in [0, 0.05) is 6.54 Å². The first-order valence-electron chi connectivity index (χ1n) is 8.08. The number of hydrogen-bond donors (Lipinski definition) is 0. The fourth-order valence-corrected chi connectivity index (χ4v) is 4.00. The summed E-state index contributed by atoms with van der Waals surface area (Å²) in [6, 6.07) is 0. The predicted octanol–water partition coefficient (Wildman–Crippen LogP) is 2.77. The molecule has 2 aromatic heterocycles. The van der Waals surface area contributed by atoms with E-state index in [4.69, 9.17) is 0 Å². The van der Waals surface area contributed by atoms with Gasteiger partial charge in [0.15, 0.2) is 5.65 Å². The van der Waals surface area contributed by atoms with Crippen LogP contribution < -0.4 is 0 Å². The molecule has 114 valence electrons. The molecule has 0 saturated carbocycles. The largest absolute Gasteiger partial charge is 0.292 e. The van der Waals surface area contributed by atoms with Gasteiger partial charge in [-0.1, -0.05) is 13.8 Å². The molecule has 2 aromatic rings. The third-order valence-electron chi connectivity index (χ3n) is 5.36. The normalized spacial score (nSPS) is 24.4. The first-order valence-corrected chi connectivity index (χ1v) is 8.08. The number of tetrazole rings is 1. The number of aromatic nitrogens is 4. The van der Waals surface area contributed by atoms with E-state index in [1.807, 2.05) is 18.4 Å². The number of hydrogen-bond acceptors (Lipinski definition) is 4. The van der Waals surface area contributed by atoms with Crippen molar-refractivity contribution in [3.63, 3.8) is 0 Å². The first kappa shape index (κ1) is 14.4. The van der Waals surface area contributed by atoms with Gasteiger partial charge >= 0.3 is 0 Å². The summed E-state index contributed by atoms with van der Waals surface area (Å²) >= 11 is 0. The van der Waals surface area contributed by atoms with Crippen LogP contribution >= 0.6 is 0 Å². The van der Waals surface area contributed by atoms with Gasteiger partial charge in [0.1, 0.15) is 0 Å². The highest BCUT2D eigenvalue weighted by molar-refractivity contribution is 5.55. The molecule has 2 aliphatic heterocycles. The van der Waals surface area contributed by atoms with Gasteiger partial charge in [0.05, 0.1) is 11.2 Å². The minimum absolute atomic E-state index is 0.205. The molecule has 21 heavy (non-hydrogen) atoms. The Morgan fingerprint density at radius 2 is 1.71 bits per heavy atom. The van der Waals surface area contributed by atoms with Gasteiger partial charge in [-0.05, 0) is 73.7 Å². The minimum atomic E-state index is 0.205. The van der Waals surface area contributed by atoms with Crippen molar-refractivity contribution >= 4 is 5.65 Å². The second-order valence-corrected chi connectivity index (χ2v) is 6.01. The highest BCUT2D eigenvalue weighted by atomic mass is 15.5. The molecule has 0 aliphatic carbocycles. The van der Waals surface area contributed by atoms with Crippen molar-refractivity contribution in [2.75, 3.05) is 13.1 Å². The van der Waals surface area contributed by atoms with E-state index in [0.717, 1.165) is 5.65 Å². The van der Waals surface area contributed by atoms with Crippen molar-refractivity contribution in [1.29, 1.82) is 0 Å². The number of pyridine rings is 1. The molecular weight excluding hydrogens is 262 g/mol. The van der Waals surface area contributed by atoms with Gasteiger partial charge in [-0.25, -0.2) is 0 Å². The van der Waals surface area contributed by atoms with E-state index >= 15 is 0 Å². The summed E-state index contributed by atoms with van der Waals surface area (Å²) in [6.07, 6.45) is 3.77. The fourth-order valence-electron chi connectivity index (χ4n) is 4.00. The van der Waals surface area contributed by atoms with Crippen molar-refractivity contribution < 1.29 is 0 Å². The van der Waals surface area contributed by atoms with Crippen molar-refractivity contribution in [3.8, 4) is 0 Å². The van der Waals surface area contributed by atoms with Crippen LogP contribution in [-0.4, -0.2) is 38.0 Å². The average Bonchev–Trinajstić information content (AvgIpc) is 3.07. The molecule has 2 aliphatic rings. The van der Waals surface area contributed by atoms with Crippen molar-refractivity contribution in [2.45, 2.75) is 59.4 Å². The molecule has 0 aromatic carbocycles. The highest BCUT2D eigenvalue weighted by Crippen LogP contribution is 2.49. The smallest absolute Gasteiger partial charge is 0.182 e. The maximum Gasteiger partial charge on any atom is 0.182 e. The van der Waals surface area contributed by atoms with E-state index in [1.54, 1.807) is 0 Å². The van der Waals surface area contributed by atoms with Crippen LogP contribution in [0, 0.1) is 20.8 Å². The Bertz CT molecular complexity index is 675. The van der Waals surface area contributed by atoms with Crippen molar-refractivity contribution in [1.82, 2.24) is 24.9 Å². The molecular formula is C16H25N5. The average molecular weight is 287 g/mol. The van der Waals surface area contributed by atoms with E-state index in [9.17, 15) is 0 Å². The van der Waals surface area contributed by atoms with E-state index in [2.05, 4.69) is 41.2 Å². The molecule has 0 spiro atoms. The molecule has 1 atom stereocenters. The van der Waals surface area contributed by atoms with E-state index in [0.29, 0.717) is 0 Å². The second-order valence-electron chi connectivity index (χ2n) is 6.01. The lowest BCUT2D eigenvalue weighted by atomic mass is 9.78. The molecule has 2 fully saturated rings. The van der Waals surface area contributed by atoms with Crippen LogP contribution in [-0.2, 0) is 5.54 Å². The fraction of sp³-hybridized carbons (Fsp3) is 0.688. The number of nitrogens with zero attached hydrogens (tertiary/aromatic N) is 5. The molecule has 2 saturated heterocycles. The lowest BCUT2D eigenvalue weighted by Crippen LogP contribution is -2.54. The zero-order valence-electron chi connectivity index (χ0n) is 13.8. The van der Waals surface area contributed by atoms with E-state index < -0.39 is 0 Å². The zero-order valence-corrected chi connectivity index (χ0v) is 13.8. The van der Waals surface area contributed by atoms with Gasteiger partial charge in [0.2, 0.25) is 0 Å². The van der Waals surface area contributed by atoms with Crippen LogP contribution in [0.4, 0.5) is 0 Å². The molecule has 0 N–H and O–H groups in total. The van der Waals surface area contributed by atoms with Gasteiger partial charge < -0.3 is 0 Å². The van der Waals surface area contributed by atoms with Gasteiger partial charge in [-0.2, -0.15) is 4.52 Å². The molecule has 5 heteroatoms. The van der Waals surface area contributed by atoms with Crippen molar-refractivity contribution in [2.24, 2.45) is 0 Å². The van der Waals surface area contributed by atoms with Crippen LogP contribution in [0.5, 0.6) is 0 Å². The summed E-state index contributed by atoms with van der Waals surface area (Å²) in [5, 5.41) is 12.4. The number of fused-ring (bicyclic) bond motifs is 2. The predicted molar refractivity (Wildman–Crippen MR) is 83.4 cm³/mol. The molecule has 0 bridgehead atoms. The third kappa shape index (κ3) is 1.76. The summed E-state index contributed by atoms with van der Waals surface area (Å²) < 4.78 is 2.00. The first-order chi connectivity index (χ1) is 10.1. The van der Waals surface area contributed by atoms with E-state index in [-0.39, 0.29) is 5.54 Å². The lowest BCUT2D eigenvalue weighted by Gasteiger charge is -2.49. The molecule has 4 rings (SSSR count). The Morgan fingerprint density at radius 1 is 0.952 bits per heavy atom. The van der Waals surface area contributed by atoms with Gasteiger partial charge in [0.25, 0.3) is 0 Å². The highest BCUT2D eigenvalue weighted by Gasteiger charge is 2.51. The SMILES string of the molecule is CC.Cc1c(C)c(C23CCCN2CC3)n2nnnc2c1C. The summed E-state index contributed by atoms with van der Waals surface area (Å²) in [4.78, 5) is 2.60. The standard InChI is InChI=1S/C14H19N5.C2H6/c1-9-10(2)12(14-5-4-7-18(14)8-6-14)19-13(11(9)3)15-16-17-19;1-2/h4-8H2,1-3H3;1-2H3. The Labute approximate surface area is 126 Å². The zero-order chi connectivity index (χ0) is 15.2. The second kappa shape index (κ2) is 5.05. The van der Waals surface area contributed by atoms with Crippen molar-refractivity contribution in [3.05, 3.63) is 22.4 Å². The monoisotopic (exact) mass is 287 g/mol.